The Kier molecular flexibility index (Phi) is 6.81. The highest BCUT2D eigenvalue weighted by atomic mass is 19.1. The number of likely N-dealkylation sites (tertiary alicyclic amines) is 1. The van der Waals surface area contributed by atoms with Crippen molar-refractivity contribution in [1.29, 1.82) is 0 Å². The number of hydrogen-bond donors (Lipinski definition) is 1. The molecule has 3 heterocycles. The summed E-state index contributed by atoms with van der Waals surface area (Å²) < 4.78 is 18.6. The Labute approximate surface area is 198 Å². The first-order valence-corrected chi connectivity index (χ1v) is 11.4. The zero-order valence-electron chi connectivity index (χ0n) is 19.6. The maximum absolute atomic E-state index is 13.4. The fourth-order valence-electron chi connectivity index (χ4n) is 4.80. The number of benzene rings is 1. The summed E-state index contributed by atoms with van der Waals surface area (Å²) in [6, 6.07) is 8.22. The molecule has 1 fully saturated rings. The molecule has 2 aliphatic rings. The Morgan fingerprint density at radius 1 is 1.18 bits per heavy atom. The van der Waals surface area contributed by atoms with Crippen molar-refractivity contribution >= 4 is 23.4 Å². The Balaban J connectivity index is 1.50. The highest BCUT2D eigenvalue weighted by Crippen LogP contribution is 2.38. The Morgan fingerprint density at radius 2 is 1.85 bits per heavy atom. The average Bonchev–Trinajstić information content (AvgIpc) is 3.19. The van der Waals surface area contributed by atoms with Gasteiger partial charge in [-0.3, -0.25) is 14.4 Å². The largest absolute Gasteiger partial charge is 0.480 e. The Morgan fingerprint density at radius 3 is 2.47 bits per heavy atom. The molecule has 0 saturated carbocycles. The molecular weight excluding hydrogens is 439 g/mol. The van der Waals surface area contributed by atoms with Crippen LogP contribution in [0.1, 0.15) is 40.2 Å². The summed E-state index contributed by atoms with van der Waals surface area (Å²) >= 11 is 0. The molecule has 2 amide bonds. The molecule has 0 radical (unpaired) electrons. The lowest BCUT2D eigenvalue weighted by Crippen LogP contribution is -2.39. The summed E-state index contributed by atoms with van der Waals surface area (Å²) in [4.78, 5) is 46.1. The number of carbonyl (C=O) groups excluding carboxylic acids is 3. The molecule has 0 aliphatic carbocycles. The molecule has 2 aliphatic heterocycles. The molecule has 2 aromatic rings. The summed E-state index contributed by atoms with van der Waals surface area (Å²) in [5.74, 6) is -1.20. The fraction of sp³-hybridized carbons (Fsp3) is 0.440. The van der Waals surface area contributed by atoms with Gasteiger partial charge in [0.2, 0.25) is 11.7 Å². The first-order valence-electron chi connectivity index (χ1n) is 11.4. The van der Waals surface area contributed by atoms with Crippen molar-refractivity contribution in [3.05, 3.63) is 52.8 Å². The first kappa shape index (κ1) is 23.7. The number of carbonyl (C=O) groups is 3. The summed E-state index contributed by atoms with van der Waals surface area (Å²) in [6.07, 6.45) is 2.52. The average molecular weight is 469 g/mol. The van der Waals surface area contributed by atoms with Crippen molar-refractivity contribution in [3.8, 4) is 5.88 Å². The third-order valence-electron chi connectivity index (χ3n) is 6.72. The lowest BCUT2D eigenvalue weighted by atomic mass is 9.90. The van der Waals surface area contributed by atoms with Crippen molar-refractivity contribution in [3.63, 3.8) is 0 Å². The van der Waals surface area contributed by atoms with Crippen molar-refractivity contribution in [2.24, 2.45) is 5.92 Å². The van der Waals surface area contributed by atoms with Crippen LogP contribution in [0.4, 0.5) is 10.2 Å². The number of aromatic nitrogens is 1. The number of nitrogens with zero attached hydrogens (tertiary/aromatic N) is 3. The van der Waals surface area contributed by atoms with Gasteiger partial charge >= 0.3 is 0 Å². The van der Waals surface area contributed by atoms with Gasteiger partial charge in [0, 0.05) is 39.3 Å². The maximum atomic E-state index is 13.4. The minimum absolute atomic E-state index is 0.201. The highest BCUT2D eigenvalue weighted by Gasteiger charge is 2.38. The van der Waals surface area contributed by atoms with E-state index in [2.05, 4.69) is 10.3 Å². The van der Waals surface area contributed by atoms with Crippen LogP contribution in [0.3, 0.4) is 0 Å². The summed E-state index contributed by atoms with van der Waals surface area (Å²) in [7, 11) is 4.67. The number of nitrogens with one attached hydrogen (secondary N) is 1. The van der Waals surface area contributed by atoms with E-state index in [1.54, 1.807) is 22.9 Å². The van der Waals surface area contributed by atoms with Gasteiger partial charge in [0.05, 0.1) is 13.0 Å². The summed E-state index contributed by atoms with van der Waals surface area (Å²) in [6.45, 7) is 1.49. The third kappa shape index (κ3) is 4.60. The van der Waals surface area contributed by atoms with Crippen LogP contribution in [-0.4, -0.2) is 68.3 Å². The molecule has 180 valence electrons. The number of pyridine rings is 1. The second-order valence-electron chi connectivity index (χ2n) is 8.90. The van der Waals surface area contributed by atoms with Gasteiger partial charge in [-0.1, -0.05) is 12.1 Å². The van der Waals surface area contributed by atoms with Crippen LogP contribution in [0, 0.1) is 11.7 Å². The van der Waals surface area contributed by atoms with Crippen LogP contribution in [-0.2, 0) is 16.0 Å². The van der Waals surface area contributed by atoms with E-state index in [9.17, 15) is 18.8 Å². The van der Waals surface area contributed by atoms with Gasteiger partial charge in [-0.2, -0.15) is 4.98 Å². The Bertz CT molecular complexity index is 1100. The minimum atomic E-state index is -0.689. The molecule has 0 spiro atoms. The molecule has 1 N–H and O–H groups in total. The third-order valence-corrected chi connectivity index (χ3v) is 6.72. The van der Waals surface area contributed by atoms with Crippen molar-refractivity contribution in [2.75, 3.05) is 45.7 Å². The number of anilines is 1. The lowest BCUT2D eigenvalue weighted by Gasteiger charge is -2.32. The molecule has 34 heavy (non-hydrogen) atoms. The molecule has 8 nitrogen and oxygen atoms in total. The normalized spacial score (nSPS) is 17.9. The quantitative estimate of drug-likeness (QED) is 0.654. The van der Waals surface area contributed by atoms with Gasteiger partial charge in [-0.25, -0.2) is 4.39 Å². The number of halogens is 1. The minimum Gasteiger partial charge on any atom is -0.480 e. The topological polar surface area (TPSA) is 91.8 Å². The van der Waals surface area contributed by atoms with Crippen molar-refractivity contribution in [1.82, 2.24) is 15.2 Å². The van der Waals surface area contributed by atoms with E-state index in [0.29, 0.717) is 42.5 Å². The maximum Gasteiger partial charge on any atom is 0.287 e. The van der Waals surface area contributed by atoms with E-state index >= 15 is 0 Å². The standard InChI is InChI=1S/C25H29FN4O4/c1-27-23(32)21(31)20-14-29(2)22-18(20)13-19(24(28-22)34-3)25(33)30-10-8-16(9-11-30)12-15-4-6-17(26)7-5-15/h4-7,13,16,20H,8-12,14H2,1-3H3,(H,27,32). The lowest BCUT2D eigenvalue weighted by molar-refractivity contribution is -0.138. The van der Waals surface area contributed by atoms with Gasteiger partial charge in [0.15, 0.2) is 0 Å². The zero-order valence-corrected chi connectivity index (χ0v) is 19.6. The highest BCUT2D eigenvalue weighted by molar-refractivity contribution is 6.38. The second-order valence-corrected chi connectivity index (χ2v) is 8.90. The van der Waals surface area contributed by atoms with Gasteiger partial charge in [0.25, 0.3) is 11.8 Å². The predicted octanol–water partition coefficient (Wildman–Crippen LogP) is 2.17. The van der Waals surface area contributed by atoms with Gasteiger partial charge in [-0.05, 0) is 48.9 Å². The van der Waals surface area contributed by atoms with Gasteiger partial charge < -0.3 is 19.9 Å². The number of Topliss-reactive ketones (excluding diaryl/α,β-unsaturated/α-hetero) is 1. The van der Waals surface area contributed by atoms with Crippen molar-refractivity contribution < 1.29 is 23.5 Å². The number of amides is 2. The van der Waals surface area contributed by atoms with Gasteiger partial charge in [0.1, 0.15) is 17.2 Å². The van der Waals surface area contributed by atoms with E-state index in [1.165, 1.54) is 26.3 Å². The SMILES string of the molecule is CNC(=O)C(=O)C1CN(C)c2nc(OC)c(C(=O)N3CCC(Cc4ccc(F)cc4)CC3)cc21. The van der Waals surface area contributed by atoms with E-state index in [4.69, 9.17) is 4.74 Å². The van der Waals surface area contributed by atoms with E-state index in [1.807, 2.05) is 12.1 Å². The van der Waals surface area contributed by atoms with Gasteiger partial charge in [-0.15, -0.1) is 0 Å². The van der Waals surface area contributed by atoms with Crippen LogP contribution in [0.15, 0.2) is 30.3 Å². The zero-order chi connectivity index (χ0) is 24.4. The summed E-state index contributed by atoms with van der Waals surface area (Å²) in [5, 5.41) is 2.38. The number of ketones is 1. The Hall–Kier alpha value is -3.49. The molecule has 4 rings (SSSR count). The number of fused-ring (bicyclic) bond motifs is 1. The fourth-order valence-corrected chi connectivity index (χ4v) is 4.80. The number of likely N-dealkylation sites (N-methyl/N-ethyl adjacent to an activating group) is 2. The van der Waals surface area contributed by atoms with E-state index in [0.717, 1.165) is 24.8 Å². The van der Waals surface area contributed by atoms with Crippen LogP contribution >= 0.6 is 0 Å². The molecule has 1 saturated heterocycles. The van der Waals surface area contributed by atoms with Crippen LogP contribution in [0.5, 0.6) is 5.88 Å². The van der Waals surface area contributed by atoms with Crippen LogP contribution in [0.2, 0.25) is 0 Å². The van der Waals surface area contributed by atoms with E-state index < -0.39 is 17.6 Å². The van der Waals surface area contributed by atoms with Crippen LogP contribution < -0.4 is 15.0 Å². The van der Waals surface area contributed by atoms with E-state index in [-0.39, 0.29) is 17.6 Å². The predicted molar refractivity (Wildman–Crippen MR) is 125 cm³/mol. The molecule has 9 heteroatoms. The number of hydrogen-bond acceptors (Lipinski definition) is 6. The smallest absolute Gasteiger partial charge is 0.287 e. The molecule has 1 aromatic heterocycles. The molecular formula is C25H29FN4O4. The molecule has 1 unspecified atom stereocenters. The second kappa shape index (κ2) is 9.79. The van der Waals surface area contributed by atoms with Crippen LogP contribution in [0.25, 0.3) is 0 Å². The van der Waals surface area contributed by atoms with Crippen molar-refractivity contribution in [2.45, 2.75) is 25.2 Å². The number of methoxy groups -OCH3 is 1. The monoisotopic (exact) mass is 468 g/mol. The number of ether oxygens (including phenoxy) is 1. The number of rotatable bonds is 6. The molecule has 1 aromatic carbocycles. The number of piperidine rings is 1. The molecule has 1 atom stereocenters. The molecule has 0 bridgehead atoms. The summed E-state index contributed by atoms with van der Waals surface area (Å²) in [5.41, 5.74) is 1.95. The first-order chi connectivity index (χ1) is 16.3.